The minimum Gasteiger partial charge on any atom is -0.508 e. The van der Waals surface area contributed by atoms with E-state index in [-0.39, 0.29) is 11.7 Å². The molecule has 0 aliphatic carbocycles. The maximum atomic E-state index is 11.8. The average Bonchev–Trinajstić information content (AvgIpc) is 2.40. The number of hydrogen-bond donors (Lipinski definition) is 2. The van der Waals surface area contributed by atoms with Crippen LogP contribution in [0.25, 0.3) is 0 Å². The highest BCUT2D eigenvalue weighted by Crippen LogP contribution is 2.17. The van der Waals surface area contributed by atoms with Crippen molar-refractivity contribution in [1.82, 2.24) is 0 Å². The minimum atomic E-state index is -0.0490. The number of para-hydroxylation sites is 1. The SMILES string of the molecule is Cc1ccc(NC(=O)CCc2ccccc2O)cc1. The molecule has 0 radical (unpaired) electrons. The quantitative estimate of drug-likeness (QED) is 0.880. The summed E-state index contributed by atoms with van der Waals surface area (Å²) >= 11 is 0. The molecule has 3 heteroatoms. The number of amides is 1. The van der Waals surface area contributed by atoms with Crippen LogP contribution in [0.15, 0.2) is 48.5 Å². The predicted octanol–water partition coefficient (Wildman–Crippen LogP) is 3.27. The zero-order chi connectivity index (χ0) is 13.7. The van der Waals surface area contributed by atoms with Crippen LogP contribution >= 0.6 is 0 Å². The molecule has 1 amide bonds. The van der Waals surface area contributed by atoms with E-state index in [1.54, 1.807) is 12.1 Å². The molecule has 0 bridgehead atoms. The summed E-state index contributed by atoms with van der Waals surface area (Å²) in [5, 5.41) is 12.5. The van der Waals surface area contributed by atoms with Crippen LogP contribution in [-0.4, -0.2) is 11.0 Å². The van der Waals surface area contributed by atoms with Crippen molar-refractivity contribution in [3.05, 3.63) is 59.7 Å². The largest absolute Gasteiger partial charge is 0.508 e. The number of aromatic hydroxyl groups is 1. The molecule has 19 heavy (non-hydrogen) atoms. The van der Waals surface area contributed by atoms with Gasteiger partial charge in [-0.3, -0.25) is 4.79 Å². The number of aryl methyl sites for hydroxylation is 2. The fraction of sp³-hybridized carbons (Fsp3) is 0.188. The summed E-state index contributed by atoms with van der Waals surface area (Å²) in [6.07, 6.45) is 0.885. The van der Waals surface area contributed by atoms with Crippen molar-refractivity contribution < 1.29 is 9.90 Å². The van der Waals surface area contributed by atoms with Crippen molar-refractivity contribution in [3.8, 4) is 5.75 Å². The van der Waals surface area contributed by atoms with Gasteiger partial charge in [0.25, 0.3) is 0 Å². The minimum absolute atomic E-state index is 0.0490. The Hall–Kier alpha value is -2.29. The summed E-state index contributed by atoms with van der Waals surface area (Å²) in [4.78, 5) is 11.8. The molecule has 0 spiro atoms. The third kappa shape index (κ3) is 3.85. The topological polar surface area (TPSA) is 49.3 Å². The van der Waals surface area contributed by atoms with Gasteiger partial charge in [0, 0.05) is 12.1 Å². The molecule has 0 fully saturated rings. The van der Waals surface area contributed by atoms with Gasteiger partial charge in [0.2, 0.25) is 5.91 Å². The lowest BCUT2D eigenvalue weighted by Gasteiger charge is -2.06. The van der Waals surface area contributed by atoms with Crippen molar-refractivity contribution >= 4 is 11.6 Å². The zero-order valence-electron chi connectivity index (χ0n) is 10.9. The van der Waals surface area contributed by atoms with Crippen LogP contribution in [0.1, 0.15) is 17.5 Å². The van der Waals surface area contributed by atoms with Crippen LogP contribution in [0.4, 0.5) is 5.69 Å². The Labute approximate surface area is 112 Å². The molecule has 0 saturated carbocycles. The number of carbonyl (C=O) groups excluding carboxylic acids is 1. The predicted molar refractivity (Wildman–Crippen MR) is 76.2 cm³/mol. The Kier molecular flexibility index (Phi) is 4.18. The van der Waals surface area contributed by atoms with Crippen molar-refractivity contribution in [3.63, 3.8) is 0 Å². The number of anilines is 1. The Morgan fingerprint density at radius 2 is 1.79 bits per heavy atom. The molecule has 2 rings (SSSR count). The van der Waals surface area contributed by atoms with Gasteiger partial charge in [-0.25, -0.2) is 0 Å². The fourth-order valence-corrected chi connectivity index (χ4v) is 1.83. The first-order chi connectivity index (χ1) is 9.15. The number of hydrogen-bond acceptors (Lipinski definition) is 2. The summed E-state index contributed by atoms with van der Waals surface area (Å²) in [5.74, 6) is 0.192. The van der Waals surface area contributed by atoms with Crippen molar-refractivity contribution in [2.75, 3.05) is 5.32 Å². The van der Waals surface area contributed by atoms with Gasteiger partial charge in [0.05, 0.1) is 0 Å². The van der Waals surface area contributed by atoms with Gasteiger partial charge in [0.1, 0.15) is 5.75 Å². The van der Waals surface area contributed by atoms with Gasteiger partial charge in [-0.1, -0.05) is 35.9 Å². The highest BCUT2D eigenvalue weighted by molar-refractivity contribution is 5.90. The summed E-state index contributed by atoms with van der Waals surface area (Å²) in [6, 6.07) is 14.8. The molecule has 0 aromatic heterocycles. The van der Waals surface area contributed by atoms with Gasteiger partial charge in [-0.05, 0) is 37.1 Å². The fourth-order valence-electron chi connectivity index (χ4n) is 1.83. The van der Waals surface area contributed by atoms with Crippen molar-refractivity contribution in [2.24, 2.45) is 0 Å². The number of nitrogens with one attached hydrogen (secondary N) is 1. The Bertz CT molecular complexity index is 561. The van der Waals surface area contributed by atoms with Gasteiger partial charge in [0.15, 0.2) is 0 Å². The van der Waals surface area contributed by atoms with Crippen molar-refractivity contribution in [1.29, 1.82) is 0 Å². The second-order valence-electron chi connectivity index (χ2n) is 4.54. The van der Waals surface area contributed by atoms with Crippen LogP contribution < -0.4 is 5.32 Å². The van der Waals surface area contributed by atoms with Crippen LogP contribution in [0.3, 0.4) is 0 Å². The van der Waals surface area contributed by atoms with Crippen molar-refractivity contribution in [2.45, 2.75) is 19.8 Å². The highest BCUT2D eigenvalue weighted by Gasteiger charge is 2.05. The monoisotopic (exact) mass is 255 g/mol. The molecule has 3 nitrogen and oxygen atoms in total. The second kappa shape index (κ2) is 6.05. The Balaban J connectivity index is 1.88. The van der Waals surface area contributed by atoms with E-state index in [4.69, 9.17) is 0 Å². The molecule has 0 aliphatic rings. The summed E-state index contributed by atoms with van der Waals surface area (Å²) in [6.45, 7) is 2.00. The van der Waals surface area contributed by atoms with Crippen LogP contribution in [0, 0.1) is 6.92 Å². The summed E-state index contributed by atoms with van der Waals surface area (Å²) < 4.78 is 0. The maximum absolute atomic E-state index is 11.8. The molecule has 98 valence electrons. The number of phenols is 1. The number of phenolic OH excluding ortho intramolecular Hbond substituents is 1. The Morgan fingerprint density at radius 1 is 1.11 bits per heavy atom. The molecular formula is C16H17NO2. The molecule has 2 aromatic carbocycles. The highest BCUT2D eigenvalue weighted by atomic mass is 16.3. The van der Waals surface area contributed by atoms with E-state index >= 15 is 0 Å². The number of rotatable bonds is 4. The summed E-state index contributed by atoms with van der Waals surface area (Å²) in [5.41, 5.74) is 2.75. The number of benzene rings is 2. The third-order valence-electron chi connectivity index (χ3n) is 2.95. The number of carbonyl (C=O) groups is 1. The summed E-state index contributed by atoms with van der Waals surface area (Å²) in [7, 11) is 0. The van der Waals surface area contributed by atoms with Crippen LogP contribution in [0.2, 0.25) is 0 Å². The first kappa shape index (κ1) is 13.1. The maximum Gasteiger partial charge on any atom is 0.224 e. The van der Waals surface area contributed by atoms with E-state index in [0.717, 1.165) is 16.8 Å². The molecule has 0 saturated heterocycles. The van der Waals surface area contributed by atoms with Gasteiger partial charge >= 0.3 is 0 Å². The van der Waals surface area contributed by atoms with Crippen LogP contribution in [-0.2, 0) is 11.2 Å². The van der Waals surface area contributed by atoms with Gasteiger partial charge in [-0.15, -0.1) is 0 Å². The molecule has 0 aliphatic heterocycles. The van der Waals surface area contributed by atoms with Crippen LogP contribution in [0.5, 0.6) is 5.75 Å². The van der Waals surface area contributed by atoms with Gasteiger partial charge < -0.3 is 10.4 Å². The average molecular weight is 255 g/mol. The molecule has 0 unspecified atom stereocenters. The molecular weight excluding hydrogens is 238 g/mol. The normalized spacial score (nSPS) is 10.2. The molecule has 2 aromatic rings. The first-order valence-corrected chi connectivity index (χ1v) is 6.28. The standard InChI is InChI=1S/C16H17NO2/c1-12-6-9-14(10-7-12)17-16(19)11-8-13-4-2-3-5-15(13)18/h2-7,9-10,18H,8,11H2,1H3,(H,17,19). The lowest BCUT2D eigenvalue weighted by Crippen LogP contribution is -2.12. The van der Waals surface area contributed by atoms with E-state index in [9.17, 15) is 9.90 Å². The van der Waals surface area contributed by atoms with E-state index in [1.165, 1.54) is 0 Å². The molecule has 0 atom stereocenters. The third-order valence-corrected chi connectivity index (χ3v) is 2.95. The lowest BCUT2D eigenvalue weighted by atomic mass is 10.1. The van der Waals surface area contributed by atoms with E-state index in [2.05, 4.69) is 5.32 Å². The second-order valence-corrected chi connectivity index (χ2v) is 4.54. The van der Waals surface area contributed by atoms with E-state index < -0.39 is 0 Å². The molecule has 2 N–H and O–H groups in total. The van der Waals surface area contributed by atoms with E-state index in [0.29, 0.717) is 12.8 Å². The zero-order valence-corrected chi connectivity index (χ0v) is 10.9. The lowest BCUT2D eigenvalue weighted by molar-refractivity contribution is -0.116. The van der Waals surface area contributed by atoms with Gasteiger partial charge in [-0.2, -0.15) is 0 Å². The Morgan fingerprint density at radius 3 is 2.47 bits per heavy atom. The van der Waals surface area contributed by atoms with E-state index in [1.807, 2.05) is 43.3 Å². The molecule has 0 heterocycles. The smallest absolute Gasteiger partial charge is 0.224 e. The first-order valence-electron chi connectivity index (χ1n) is 6.28.